The molecule has 23 heavy (non-hydrogen) atoms. The minimum atomic E-state index is -0.297. The number of rotatable bonds is 4. The topological polar surface area (TPSA) is 0 Å². The van der Waals surface area contributed by atoms with Gasteiger partial charge in [-0.1, -0.05) is 73.5 Å². The number of hydrogen-bond acceptors (Lipinski definition) is 0. The molecule has 2 heteroatoms. The smallest absolute Gasteiger partial charge is 0.132 e. The molecule has 0 bridgehead atoms. The molecule has 0 saturated carbocycles. The third-order valence-corrected chi connectivity index (χ3v) is 4.19. The normalized spacial score (nSPS) is 10.7. The van der Waals surface area contributed by atoms with E-state index in [4.69, 9.17) is 11.6 Å². The van der Waals surface area contributed by atoms with Gasteiger partial charge in [-0.2, -0.15) is 0 Å². The van der Waals surface area contributed by atoms with Crippen LogP contribution in [0.2, 0.25) is 5.02 Å². The van der Waals surface area contributed by atoms with E-state index in [1.165, 1.54) is 17.2 Å². The number of benzene rings is 3. The van der Waals surface area contributed by atoms with Crippen LogP contribution < -0.4 is 0 Å². The summed E-state index contributed by atoms with van der Waals surface area (Å²) in [4.78, 5) is 0. The maximum Gasteiger partial charge on any atom is 0.132 e. The Labute approximate surface area is 141 Å². The molecule has 3 rings (SSSR count). The van der Waals surface area contributed by atoms with Crippen LogP contribution in [0, 0.1) is 5.82 Å². The summed E-state index contributed by atoms with van der Waals surface area (Å²) >= 11 is 5.80. The first-order valence-corrected chi connectivity index (χ1v) is 8.20. The monoisotopic (exact) mass is 324 g/mol. The molecule has 0 aliphatic carbocycles. The summed E-state index contributed by atoms with van der Waals surface area (Å²) in [5, 5.41) is 0.412. The predicted molar refractivity (Wildman–Crippen MR) is 96.3 cm³/mol. The molecule has 116 valence electrons. The van der Waals surface area contributed by atoms with Gasteiger partial charge in [-0.05, 0) is 46.9 Å². The lowest BCUT2D eigenvalue weighted by Crippen LogP contribution is -1.86. The number of aryl methyl sites for hydroxylation is 1. The SMILES string of the molecule is CCCc1ccc(-c2ccc(-c3ccc(Cl)cc3F)cc2)cc1. The van der Waals surface area contributed by atoms with Crippen molar-refractivity contribution in [1.82, 2.24) is 0 Å². The highest BCUT2D eigenvalue weighted by Crippen LogP contribution is 2.28. The first-order valence-electron chi connectivity index (χ1n) is 7.82. The molecular formula is C21H18ClF. The Morgan fingerprint density at radius 2 is 1.35 bits per heavy atom. The zero-order valence-electron chi connectivity index (χ0n) is 13.0. The molecule has 0 amide bonds. The van der Waals surface area contributed by atoms with Gasteiger partial charge in [0.05, 0.1) is 0 Å². The summed E-state index contributed by atoms with van der Waals surface area (Å²) in [6.07, 6.45) is 2.26. The van der Waals surface area contributed by atoms with E-state index in [9.17, 15) is 4.39 Å². The van der Waals surface area contributed by atoms with E-state index in [0.29, 0.717) is 10.6 Å². The summed E-state index contributed by atoms with van der Waals surface area (Å²) in [5.41, 5.74) is 5.08. The van der Waals surface area contributed by atoms with Gasteiger partial charge >= 0.3 is 0 Å². The van der Waals surface area contributed by atoms with Crippen molar-refractivity contribution < 1.29 is 4.39 Å². The average molecular weight is 325 g/mol. The molecular weight excluding hydrogens is 307 g/mol. The van der Waals surface area contributed by atoms with Crippen molar-refractivity contribution >= 4 is 11.6 Å². The molecule has 0 heterocycles. The minimum absolute atomic E-state index is 0.297. The zero-order valence-corrected chi connectivity index (χ0v) is 13.8. The van der Waals surface area contributed by atoms with Crippen LogP contribution in [-0.4, -0.2) is 0 Å². The summed E-state index contributed by atoms with van der Waals surface area (Å²) in [6, 6.07) is 21.3. The molecule has 0 fully saturated rings. The molecule has 0 N–H and O–H groups in total. The van der Waals surface area contributed by atoms with Gasteiger partial charge in [-0.25, -0.2) is 4.39 Å². The maximum absolute atomic E-state index is 14.0. The molecule has 0 aromatic heterocycles. The largest absolute Gasteiger partial charge is 0.206 e. The second-order valence-electron chi connectivity index (χ2n) is 5.65. The average Bonchev–Trinajstić information content (AvgIpc) is 2.56. The molecule has 0 saturated heterocycles. The van der Waals surface area contributed by atoms with Crippen LogP contribution in [-0.2, 0) is 6.42 Å². The van der Waals surface area contributed by atoms with Gasteiger partial charge in [0.1, 0.15) is 5.82 Å². The molecule has 0 radical (unpaired) electrons. The lowest BCUT2D eigenvalue weighted by atomic mass is 9.99. The van der Waals surface area contributed by atoms with Crippen LogP contribution >= 0.6 is 11.6 Å². The first kappa shape index (κ1) is 15.8. The molecule has 3 aromatic carbocycles. The van der Waals surface area contributed by atoms with Gasteiger partial charge in [-0.3, -0.25) is 0 Å². The summed E-state index contributed by atoms with van der Waals surface area (Å²) in [7, 11) is 0. The van der Waals surface area contributed by atoms with E-state index in [-0.39, 0.29) is 5.82 Å². The van der Waals surface area contributed by atoms with Crippen molar-refractivity contribution in [3.8, 4) is 22.3 Å². The highest BCUT2D eigenvalue weighted by Gasteiger charge is 2.06. The summed E-state index contributed by atoms with van der Waals surface area (Å²) < 4.78 is 14.0. The van der Waals surface area contributed by atoms with Gasteiger partial charge in [0.25, 0.3) is 0 Å². The van der Waals surface area contributed by atoms with Crippen LogP contribution in [0.3, 0.4) is 0 Å². The van der Waals surface area contributed by atoms with Crippen molar-refractivity contribution in [3.05, 3.63) is 83.1 Å². The summed E-state index contributed by atoms with van der Waals surface area (Å²) in [5.74, 6) is -0.297. The van der Waals surface area contributed by atoms with Crippen LogP contribution in [0.25, 0.3) is 22.3 Å². The van der Waals surface area contributed by atoms with E-state index in [0.717, 1.165) is 24.0 Å². The highest BCUT2D eigenvalue weighted by molar-refractivity contribution is 6.30. The Morgan fingerprint density at radius 1 is 0.783 bits per heavy atom. The van der Waals surface area contributed by atoms with Crippen LogP contribution in [0.5, 0.6) is 0 Å². The van der Waals surface area contributed by atoms with E-state index >= 15 is 0 Å². The first-order chi connectivity index (χ1) is 11.2. The third-order valence-electron chi connectivity index (χ3n) is 3.95. The van der Waals surface area contributed by atoms with Crippen LogP contribution in [0.4, 0.5) is 4.39 Å². The summed E-state index contributed by atoms with van der Waals surface area (Å²) in [6.45, 7) is 2.18. The van der Waals surface area contributed by atoms with Gasteiger partial charge in [-0.15, -0.1) is 0 Å². The predicted octanol–water partition coefficient (Wildman–Crippen LogP) is 6.77. The van der Waals surface area contributed by atoms with Gasteiger partial charge in [0.2, 0.25) is 0 Å². The molecule has 0 unspecified atom stereocenters. The van der Waals surface area contributed by atoms with Crippen molar-refractivity contribution in [1.29, 1.82) is 0 Å². The zero-order chi connectivity index (χ0) is 16.2. The Balaban J connectivity index is 1.86. The Hall–Kier alpha value is -2.12. The van der Waals surface area contributed by atoms with E-state index in [2.05, 4.69) is 31.2 Å². The third kappa shape index (κ3) is 3.62. The lowest BCUT2D eigenvalue weighted by molar-refractivity contribution is 0.631. The van der Waals surface area contributed by atoms with E-state index in [1.807, 2.05) is 24.3 Å². The van der Waals surface area contributed by atoms with Crippen LogP contribution in [0.15, 0.2) is 66.7 Å². The molecule has 0 aliphatic rings. The van der Waals surface area contributed by atoms with Crippen molar-refractivity contribution in [3.63, 3.8) is 0 Å². The van der Waals surface area contributed by atoms with Crippen molar-refractivity contribution in [2.75, 3.05) is 0 Å². The van der Waals surface area contributed by atoms with Gasteiger partial charge in [0, 0.05) is 10.6 Å². The highest BCUT2D eigenvalue weighted by atomic mass is 35.5. The number of hydrogen-bond donors (Lipinski definition) is 0. The molecule has 0 aliphatic heterocycles. The standard InChI is InChI=1S/C21H18ClF/c1-2-3-15-4-6-16(7-5-15)17-8-10-18(11-9-17)20-13-12-19(22)14-21(20)23/h4-14H,2-3H2,1H3. The van der Waals surface area contributed by atoms with Crippen LogP contribution in [0.1, 0.15) is 18.9 Å². The van der Waals surface area contributed by atoms with Crippen molar-refractivity contribution in [2.24, 2.45) is 0 Å². The lowest BCUT2D eigenvalue weighted by Gasteiger charge is -2.07. The second-order valence-corrected chi connectivity index (χ2v) is 6.08. The number of halogens is 2. The Kier molecular flexibility index (Phi) is 4.78. The molecule has 0 spiro atoms. The fourth-order valence-electron chi connectivity index (χ4n) is 2.72. The molecule has 0 nitrogen and oxygen atoms in total. The fourth-order valence-corrected chi connectivity index (χ4v) is 2.88. The van der Waals surface area contributed by atoms with Crippen molar-refractivity contribution in [2.45, 2.75) is 19.8 Å². The Bertz CT molecular complexity index is 789. The quantitative estimate of drug-likeness (QED) is 0.497. The maximum atomic E-state index is 14.0. The fraction of sp³-hybridized carbons (Fsp3) is 0.143. The minimum Gasteiger partial charge on any atom is -0.206 e. The van der Waals surface area contributed by atoms with E-state index in [1.54, 1.807) is 12.1 Å². The second kappa shape index (κ2) is 6.97. The Morgan fingerprint density at radius 3 is 1.91 bits per heavy atom. The molecule has 0 atom stereocenters. The van der Waals surface area contributed by atoms with Gasteiger partial charge in [0.15, 0.2) is 0 Å². The molecule has 3 aromatic rings. The van der Waals surface area contributed by atoms with Gasteiger partial charge < -0.3 is 0 Å². The van der Waals surface area contributed by atoms with E-state index < -0.39 is 0 Å².